The molecule has 26 heavy (non-hydrogen) atoms. The van der Waals surface area contributed by atoms with E-state index >= 15 is 0 Å². The van der Waals surface area contributed by atoms with Gasteiger partial charge < -0.3 is 15.3 Å². The molecule has 2 aliphatic carbocycles. The number of aliphatic carboxylic acids is 1. The third kappa shape index (κ3) is 2.57. The van der Waals surface area contributed by atoms with Gasteiger partial charge in [0.25, 0.3) is 5.91 Å². The molecule has 142 valence electrons. The van der Waals surface area contributed by atoms with E-state index in [1.807, 2.05) is 0 Å². The molecule has 2 heterocycles. The minimum absolute atomic E-state index is 0.0899. The molecular formula is C18H25N3O5. The van der Waals surface area contributed by atoms with Crippen molar-refractivity contribution in [2.75, 3.05) is 6.54 Å². The van der Waals surface area contributed by atoms with Crippen LogP contribution < -0.4 is 5.32 Å². The summed E-state index contributed by atoms with van der Waals surface area (Å²) >= 11 is 0. The van der Waals surface area contributed by atoms with E-state index in [4.69, 9.17) is 0 Å². The summed E-state index contributed by atoms with van der Waals surface area (Å²) in [7, 11) is 0. The van der Waals surface area contributed by atoms with Crippen LogP contribution in [-0.2, 0) is 14.4 Å². The van der Waals surface area contributed by atoms with Gasteiger partial charge >= 0.3 is 12.0 Å². The molecule has 4 fully saturated rings. The monoisotopic (exact) mass is 363 g/mol. The molecule has 4 aliphatic rings. The number of carboxylic acid groups (broad SMARTS) is 1. The van der Waals surface area contributed by atoms with E-state index in [2.05, 4.69) is 5.32 Å². The van der Waals surface area contributed by atoms with Crippen LogP contribution in [0, 0.1) is 11.8 Å². The summed E-state index contributed by atoms with van der Waals surface area (Å²) in [5, 5.41) is 12.3. The molecule has 0 spiro atoms. The van der Waals surface area contributed by atoms with Gasteiger partial charge in [0.2, 0.25) is 5.91 Å². The molecule has 0 unspecified atom stereocenters. The summed E-state index contributed by atoms with van der Waals surface area (Å²) in [6.07, 6.45) is 6.00. The Morgan fingerprint density at radius 1 is 1.19 bits per heavy atom. The van der Waals surface area contributed by atoms with Gasteiger partial charge in [-0.2, -0.15) is 0 Å². The van der Waals surface area contributed by atoms with Crippen LogP contribution in [0.3, 0.4) is 0 Å². The number of likely N-dealkylation sites (tertiary alicyclic amines) is 1. The van der Waals surface area contributed by atoms with E-state index in [0.717, 1.165) is 43.4 Å². The Bertz CT molecular complexity index is 676. The lowest BCUT2D eigenvalue weighted by Crippen LogP contribution is -2.51. The minimum atomic E-state index is -1.01. The molecule has 0 radical (unpaired) electrons. The second-order valence-corrected chi connectivity index (χ2v) is 8.30. The quantitative estimate of drug-likeness (QED) is 0.723. The number of nitrogens with one attached hydrogen (secondary N) is 1. The molecule has 2 saturated carbocycles. The lowest BCUT2D eigenvalue weighted by Gasteiger charge is -2.33. The van der Waals surface area contributed by atoms with Gasteiger partial charge in [0.15, 0.2) is 0 Å². The zero-order valence-electron chi connectivity index (χ0n) is 14.9. The first-order valence-corrected chi connectivity index (χ1v) is 9.51. The number of carboxylic acids is 1. The number of fused-ring (bicyclic) bond motifs is 1. The number of urea groups is 1. The number of rotatable bonds is 4. The third-order valence-electron chi connectivity index (χ3n) is 6.65. The highest BCUT2D eigenvalue weighted by atomic mass is 16.4. The van der Waals surface area contributed by atoms with Crippen LogP contribution in [-0.4, -0.2) is 62.9 Å². The Balaban J connectivity index is 1.52. The van der Waals surface area contributed by atoms with Crippen molar-refractivity contribution in [2.24, 2.45) is 11.8 Å². The van der Waals surface area contributed by atoms with Gasteiger partial charge in [0, 0.05) is 6.04 Å². The average molecular weight is 363 g/mol. The highest BCUT2D eigenvalue weighted by molar-refractivity contribution is 6.09. The Kier molecular flexibility index (Phi) is 3.96. The molecule has 4 atom stereocenters. The molecule has 0 aromatic heterocycles. The van der Waals surface area contributed by atoms with Crippen LogP contribution in [0.5, 0.6) is 0 Å². The van der Waals surface area contributed by atoms with Crippen molar-refractivity contribution in [3.63, 3.8) is 0 Å². The van der Waals surface area contributed by atoms with E-state index in [9.17, 15) is 24.3 Å². The maximum absolute atomic E-state index is 12.9. The molecule has 2 N–H and O–H groups in total. The maximum atomic E-state index is 12.9. The molecule has 2 saturated heterocycles. The standard InChI is InChI=1S/C18H25N3O5/c1-18(11-6-7-11)16(25)20(17(26)19-18)9-14(22)21-12-5-3-2-4-10(12)8-13(21)15(23)24/h10-13H,2-9H2,1H3,(H,19,26)(H,23,24)/t10-,12+,13-,18+/m0/s1. The minimum Gasteiger partial charge on any atom is -0.480 e. The molecular weight excluding hydrogens is 338 g/mol. The summed E-state index contributed by atoms with van der Waals surface area (Å²) < 4.78 is 0. The van der Waals surface area contributed by atoms with Crippen LogP contribution in [0.1, 0.15) is 51.9 Å². The SMILES string of the molecule is C[C@]1(C2CC2)NC(=O)N(CC(=O)N2[C@@H]3CCCC[C@H]3C[C@H]2C(=O)O)C1=O. The predicted octanol–water partition coefficient (Wildman–Crippen LogP) is 0.951. The number of amides is 4. The highest BCUT2D eigenvalue weighted by Gasteiger charge is 2.57. The lowest BCUT2D eigenvalue weighted by atomic mass is 9.85. The average Bonchev–Trinajstić information content (AvgIpc) is 3.34. The Morgan fingerprint density at radius 3 is 2.54 bits per heavy atom. The molecule has 0 aromatic carbocycles. The number of nitrogens with zero attached hydrogens (tertiary/aromatic N) is 2. The fourth-order valence-electron chi connectivity index (χ4n) is 5.05. The van der Waals surface area contributed by atoms with E-state index < -0.39 is 29.5 Å². The van der Waals surface area contributed by atoms with Gasteiger partial charge in [-0.25, -0.2) is 9.59 Å². The fourth-order valence-corrected chi connectivity index (χ4v) is 5.05. The number of hydrogen-bond donors (Lipinski definition) is 2. The maximum Gasteiger partial charge on any atom is 0.326 e. The smallest absolute Gasteiger partial charge is 0.326 e. The van der Waals surface area contributed by atoms with Crippen molar-refractivity contribution in [3.05, 3.63) is 0 Å². The zero-order valence-corrected chi connectivity index (χ0v) is 14.9. The Hall–Kier alpha value is -2.12. The van der Waals surface area contributed by atoms with Crippen molar-refractivity contribution in [3.8, 4) is 0 Å². The normalized spacial score (nSPS) is 36.9. The van der Waals surface area contributed by atoms with Crippen LogP contribution in [0.4, 0.5) is 4.79 Å². The van der Waals surface area contributed by atoms with Gasteiger partial charge in [-0.15, -0.1) is 0 Å². The first kappa shape index (κ1) is 17.3. The topological polar surface area (TPSA) is 107 Å². The third-order valence-corrected chi connectivity index (χ3v) is 6.65. The number of carbonyl (C=O) groups excluding carboxylic acids is 3. The highest BCUT2D eigenvalue weighted by Crippen LogP contribution is 2.43. The van der Waals surface area contributed by atoms with Gasteiger partial charge in [-0.3, -0.25) is 14.5 Å². The first-order valence-electron chi connectivity index (χ1n) is 9.51. The number of imide groups is 1. The van der Waals surface area contributed by atoms with Crippen molar-refractivity contribution in [2.45, 2.75) is 69.5 Å². The molecule has 0 aromatic rings. The number of hydrogen-bond acceptors (Lipinski definition) is 4. The van der Waals surface area contributed by atoms with Gasteiger partial charge in [0.1, 0.15) is 18.1 Å². The van der Waals surface area contributed by atoms with Crippen molar-refractivity contribution in [1.29, 1.82) is 0 Å². The summed E-state index contributed by atoms with van der Waals surface area (Å²) in [4.78, 5) is 52.0. The fraction of sp³-hybridized carbons (Fsp3) is 0.778. The Morgan fingerprint density at radius 2 is 1.88 bits per heavy atom. The van der Waals surface area contributed by atoms with E-state index in [0.29, 0.717) is 6.42 Å². The van der Waals surface area contributed by atoms with Crippen LogP contribution in [0.15, 0.2) is 0 Å². The van der Waals surface area contributed by atoms with Gasteiger partial charge in [0.05, 0.1) is 0 Å². The lowest BCUT2D eigenvalue weighted by molar-refractivity contribution is -0.150. The molecule has 4 rings (SSSR count). The first-order chi connectivity index (χ1) is 12.3. The summed E-state index contributed by atoms with van der Waals surface area (Å²) in [6.45, 7) is 1.34. The van der Waals surface area contributed by atoms with Crippen molar-refractivity contribution in [1.82, 2.24) is 15.1 Å². The van der Waals surface area contributed by atoms with Crippen LogP contribution >= 0.6 is 0 Å². The largest absolute Gasteiger partial charge is 0.480 e. The van der Waals surface area contributed by atoms with Crippen molar-refractivity contribution < 1.29 is 24.3 Å². The van der Waals surface area contributed by atoms with Crippen LogP contribution in [0.25, 0.3) is 0 Å². The van der Waals surface area contributed by atoms with E-state index in [1.165, 1.54) is 4.90 Å². The molecule has 4 amide bonds. The molecule has 2 aliphatic heterocycles. The van der Waals surface area contributed by atoms with Gasteiger partial charge in [-0.05, 0) is 50.9 Å². The van der Waals surface area contributed by atoms with Crippen LogP contribution in [0.2, 0.25) is 0 Å². The Labute approximate surface area is 151 Å². The molecule has 0 bridgehead atoms. The number of carbonyl (C=O) groups is 4. The predicted molar refractivity (Wildman–Crippen MR) is 90.0 cm³/mol. The second kappa shape index (κ2) is 5.96. The van der Waals surface area contributed by atoms with Gasteiger partial charge in [-0.1, -0.05) is 12.8 Å². The summed E-state index contributed by atoms with van der Waals surface area (Å²) in [5.74, 6) is -1.48. The molecule has 8 nitrogen and oxygen atoms in total. The second-order valence-electron chi connectivity index (χ2n) is 8.30. The molecule has 8 heteroatoms. The summed E-state index contributed by atoms with van der Waals surface area (Å²) in [5.41, 5.74) is -0.929. The summed E-state index contributed by atoms with van der Waals surface area (Å²) in [6, 6.07) is -1.50. The van der Waals surface area contributed by atoms with E-state index in [-0.39, 0.29) is 30.3 Å². The van der Waals surface area contributed by atoms with Crippen molar-refractivity contribution >= 4 is 23.8 Å². The zero-order chi connectivity index (χ0) is 18.6. The van der Waals surface area contributed by atoms with E-state index in [1.54, 1.807) is 6.92 Å².